The Bertz CT molecular complexity index is 379. The Kier molecular flexibility index (Phi) is 4.22. The summed E-state index contributed by atoms with van der Waals surface area (Å²) in [6, 6.07) is 0.474. The van der Waals surface area contributed by atoms with Crippen LogP contribution in [0.25, 0.3) is 0 Å². The molecule has 0 atom stereocenters. The monoisotopic (exact) mass is 255 g/mol. The van der Waals surface area contributed by atoms with Crippen LogP contribution in [0.1, 0.15) is 0 Å². The summed E-state index contributed by atoms with van der Waals surface area (Å²) < 4.78 is 62.5. The van der Waals surface area contributed by atoms with Gasteiger partial charge in [-0.3, -0.25) is 0 Å². The second kappa shape index (κ2) is 5.26. The van der Waals surface area contributed by atoms with Gasteiger partial charge in [0.1, 0.15) is 12.4 Å². The van der Waals surface area contributed by atoms with Gasteiger partial charge in [-0.1, -0.05) is 0 Å². The number of halogens is 5. The van der Waals surface area contributed by atoms with Crippen molar-refractivity contribution >= 4 is 5.82 Å². The van der Waals surface area contributed by atoms with Gasteiger partial charge in [-0.2, -0.15) is 13.2 Å². The first-order valence-corrected chi connectivity index (χ1v) is 4.66. The van der Waals surface area contributed by atoms with Gasteiger partial charge in [0, 0.05) is 19.2 Å². The molecule has 1 rings (SSSR count). The number of pyridine rings is 1. The second-order valence-electron chi connectivity index (χ2n) is 3.28. The second-order valence-corrected chi connectivity index (χ2v) is 3.28. The van der Waals surface area contributed by atoms with Crippen LogP contribution >= 0.6 is 0 Å². The lowest BCUT2D eigenvalue weighted by Gasteiger charge is -2.24. The fraction of sp³-hybridized carbons (Fsp3) is 0.444. The summed E-state index contributed by atoms with van der Waals surface area (Å²) in [5, 5.41) is 0. The molecule has 1 aromatic heterocycles. The van der Waals surface area contributed by atoms with Crippen molar-refractivity contribution < 1.29 is 22.0 Å². The van der Waals surface area contributed by atoms with E-state index in [2.05, 4.69) is 4.98 Å². The van der Waals surface area contributed by atoms with Gasteiger partial charge in [0.2, 0.25) is 0 Å². The molecule has 0 aromatic carbocycles. The van der Waals surface area contributed by atoms with E-state index in [1.54, 1.807) is 0 Å². The fourth-order valence-corrected chi connectivity index (χ4v) is 1.27. The maximum Gasteiger partial charge on any atom is 0.405 e. The van der Waals surface area contributed by atoms with Gasteiger partial charge in [0.25, 0.3) is 0 Å². The number of nitrogens with two attached hydrogens (primary N) is 1. The lowest BCUT2D eigenvalue weighted by molar-refractivity contribution is -0.119. The summed E-state index contributed by atoms with van der Waals surface area (Å²) in [6.45, 7) is -1.72. The van der Waals surface area contributed by atoms with Gasteiger partial charge >= 0.3 is 6.18 Å². The molecule has 1 heterocycles. The Morgan fingerprint density at radius 3 is 2.41 bits per heavy atom. The quantitative estimate of drug-likeness (QED) is 0.832. The van der Waals surface area contributed by atoms with Crippen molar-refractivity contribution in [1.29, 1.82) is 0 Å². The molecule has 0 aliphatic heterocycles. The highest BCUT2D eigenvalue weighted by Crippen LogP contribution is 2.22. The van der Waals surface area contributed by atoms with Gasteiger partial charge in [-0.15, -0.1) is 0 Å². The van der Waals surface area contributed by atoms with Crippen molar-refractivity contribution in [3.8, 4) is 0 Å². The van der Waals surface area contributed by atoms with Crippen LogP contribution in [0.5, 0.6) is 0 Å². The zero-order valence-corrected chi connectivity index (χ0v) is 8.64. The SMILES string of the molecule is NCCN(CC(F)(F)F)c1ncc(F)cc1F. The van der Waals surface area contributed by atoms with E-state index in [4.69, 9.17) is 5.73 Å². The maximum atomic E-state index is 13.2. The van der Waals surface area contributed by atoms with Crippen LogP contribution in [0, 0.1) is 11.6 Å². The van der Waals surface area contributed by atoms with Crippen molar-refractivity contribution in [2.24, 2.45) is 5.73 Å². The van der Waals surface area contributed by atoms with Crippen molar-refractivity contribution in [3.05, 3.63) is 23.9 Å². The van der Waals surface area contributed by atoms with Gasteiger partial charge in [-0.25, -0.2) is 13.8 Å². The van der Waals surface area contributed by atoms with E-state index in [1.807, 2.05) is 0 Å². The lowest BCUT2D eigenvalue weighted by atomic mass is 10.3. The predicted molar refractivity (Wildman–Crippen MR) is 51.5 cm³/mol. The molecule has 0 aliphatic carbocycles. The highest BCUT2D eigenvalue weighted by atomic mass is 19.4. The molecule has 17 heavy (non-hydrogen) atoms. The molecule has 0 aliphatic rings. The average molecular weight is 255 g/mol. The fourth-order valence-electron chi connectivity index (χ4n) is 1.27. The number of anilines is 1. The molecule has 2 N–H and O–H groups in total. The van der Waals surface area contributed by atoms with Crippen LogP contribution in [0.2, 0.25) is 0 Å². The minimum absolute atomic E-state index is 0.103. The molecule has 0 fully saturated rings. The van der Waals surface area contributed by atoms with Crippen molar-refractivity contribution in [3.63, 3.8) is 0 Å². The number of aromatic nitrogens is 1. The topological polar surface area (TPSA) is 42.1 Å². The number of rotatable bonds is 4. The summed E-state index contributed by atoms with van der Waals surface area (Å²) in [4.78, 5) is 3.92. The van der Waals surface area contributed by atoms with E-state index in [0.29, 0.717) is 17.2 Å². The summed E-state index contributed by atoms with van der Waals surface area (Å²) >= 11 is 0. The molecule has 0 amide bonds. The Morgan fingerprint density at radius 2 is 1.94 bits per heavy atom. The smallest absolute Gasteiger partial charge is 0.344 e. The van der Waals surface area contributed by atoms with Gasteiger partial charge in [0.15, 0.2) is 11.6 Å². The number of alkyl halides is 3. The molecule has 0 spiro atoms. The standard InChI is InChI=1S/C9H10F5N3/c10-6-3-7(11)8(16-4-6)17(2-1-15)5-9(12,13)14/h3-4H,1-2,5,15H2. The van der Waals surface area contributed by atoms with Crippen molar-refractivity contribution in [1.82, 2.24) is 4.98 Å². The minimum atomic E-state index is -4.52. The van der Waals surface area contributed by atoms with Crippen LogP contribution in [0.3, 0.4) is 0 Å². The maximum absolute atomic E-state index is 13.2. The zero-order valence-electron chi connectivity index (χ0n) is 8.64. The van der Waals surface area contributed by atoms with E-state index in [9.17, 15) is 22.0 Å². The first-order chi connectivity index (χ1) is 7.83. The molecule has 8 heteroatoms. The Morgan fingerprint density at radius 1 is 1.29 bits per heavy atom. The lowest BCUT2D eigenvalue weighted by Crippen LogP contribution is -2.38. The summed E-state index contributed by atoms with van der Waals surface area (Å²) in [5.41, 5.74) is 5.13. The number of hydrogen-bond donors (Lipinski definition) is 1. The first kappa shape index (κ1) is 13.6. The van der Waals surface area contributed by atoms with Crippen LogP contribution in [0.15, 0.2) is 12.3 Å². The Labute approximate surface area is 94.0 Å². The summed E-state index contributed by atoms with van der Waals surface area (Å²) in [5.74, 6) is -2.66. The normalized spacial score (nSPS) is 11.6. The molecule has 96 valence electrons. The highest BCUT2D eigenvalue weighted by Gasteiger charge is 2.32. The van der Waals surface area contributed by atoms with Gasteiger partial charge in [0.05, 0.1) is 6.20 Å². The third kappa shape index (κ3) is 4.14. The third-order valence-corrected chi connectivity index (χ3v) is 1.86. The average Bonchev–Trinajstić information content (AvgIpc) is 2.14. The molecule has 0 radical (unpaired) electrons. The molecular weight excluding hydrogens is 245 g/mol. The van der Waals surface area contributed by atoms with E-state index in [1.165, 1.54) is 0 Å². The van der Waals surface area contributed by atoms with Crippen LogP contribution in [0.4, 0.5) is 27.8 Å². The number of hydrogen-bond acceptors (Lipinski definition) is 3. The van der Waals surface area contributed by atoms with Crippen LogP contribution < -0.4 is 10.6 Å². The van der Waals surface area contributed by atoms with Crippen LogP contribution in [-0.2, 0) is 0 Å². The molecule has 0 bridgehead atoms. The number of nitrogens with zero attached hydrogens (tertiary/aromatic N) is 2. The Hall–Kier alpha value is -1.44. The highest BCUT2D eigenvalue weighted by molar-refractivity contribution is 5.40. The first-order valence-electron chi connectivity index (χ1n) is 4.66. The summed E-state index contributed by atoms with van der Waals surface area (Å²) in [7, 11) is 0. The molecule has 3 nitrogen and oxygen atoms in total. The van der Waals surface area contributed by atoms with E-state index in [-0.39, 0.29) is 13.1 Å². The largest absolute Gasteiger partial charge is 0.405 e. The molecule has 0 saturated carbocycles. The molecule has 0 saturated heterocycles. The van der Waals surface area contributed by atoms with Crippen LogP contribution in [-0.4, -0.2) is 30.8 Å². The minimum Gasteiger partial charge on any atom is -0.344 e. The van der Waals surface area contributed by atoms with Crippen molar-refractivity contribution in [2.75, 3.05) is 24.5 Å². The molecular formula is C9H10F5N3. The predicted octanol–water partition coefficient (Wildman–Crippen LogP) is 1.69. The zero-order chi connectivity index (χ0) is 13.1. The van der Waals surface area contributed by atoms with E-state index in [0.717, 1.165) is 0 Å². The van der Waals surface area contributed by atoms with Gasteiger partial charge in [-0.05, 0) is 0 Å². The van der Waals surface area contributed by atoms with E-state index >= 15 is 0 Å². The molecule has 0 unspecified atom stereocenters. The summed E-state index contributed by atoms with van der Waals surface area (Å²) in [6.07, 6.45) is -3.87. The van der Waals surface area contributed by atoms with E-state index < -0.39 is 30.2 Å². The van der Waals surface area contributed by atoms with Crippen molar-refractivity contribution in [2.45, 2.75) is 6.18 Å². The molecule has 1 aromatic rings. The third-order valence-electron chi connectivity index (χ3n) is 1.86. The Balaban J connectivity index is 2.97. The van der Waals surface area contributed by atoms with Gasteiger partial charge < -0.3 is 10.6 Å².